The Bertz CT molecular complexity index is 1300. The van der Waals surface area contributed by atoms with Crippen molar-refractivity contribution in [3.05, 3.63) is 52.9 Å². The summed E-state index contributed by atoms with van der Waals surface area (Å²) in [6.45, 7) is 12.2. The summed E-state index contributed by atoms with van der Waals surface area (Å²) in [6.07, 6.45) is 4.67. The summed E-state index contributed by atoms with van der Waals surface area (Å²) in [5.74, 6) is 3.71. The van der Waals surface area contributed by atoms with Crippen molar-refractivity contribution in [2.75, 3.05) is 18.7 Å². The third kappa shape index (κ3) is 6.00. The lowest BCUT2D eigenvalue weighted by Crippen LogP contribution is -2.21. The van der Waals surface area contributed by atoms with E-state index in [-0.39, 0.29) is 6.04 Å². The average Bonchev–Trinajstić information content (AvgIpc) is 3.54. The number of nitrogens with zero attached hydrogens (tertiary/aromatic N) is 5. The number of thiol groups is 1. The number of nitrogens with one attached hydrogen (secondary N) is 1. The molecule has 3 heterocycles. The molecule has 3 aromatic heterocycles. The Labute approximate surface area is 219 Å². The van der Waals surface area contributed by atoms with E-state index in [9.17, 15) is 0 Å². The van der Waals surface area contributed by atoms with Gasteiger partial charge in [-0.25, -0.2) is 4.98 Å². The summed E-state index contributed by atoms with van der Waals surface area (Å²) >= 11 is 3.53. The fourth-order valence-electron chi connectivity index (χ4n) is 4.13. The van der Waals surface area contributed by atoms with E-state index in [2.05, 4.69) is 48.0 Å². The molecule has 5 rings (SSSR count). The number of aromatic nitrogens is 5. The van der Waals surface area contributed by atoms with Crippen molar-refractivity contribution in [2.45, 2.75) is 72.8 Å². The summed E-state index contributed by atoms with van der Waals surface area (Å²) < 4.78 is 12.7. The first-order valence-corrected chi connectivity index (χ1v) is 13.4. The Balaban J connectivity index is 0.000000861. The highest BCUT2D eigenvalue weighted by atomic mass is 32.1. The second-order valence-corrected chi connectivity index (χ2v) is 8.73. The van der Waals surface area contributed by atoms with Gasteiger partial charge in [-0.3, -0.25) is 0 Å². The third-order valence-electron chi connectivity index (χ3n) is 5.89. The highest BCUT2D eigenvalue weighted by Crippen LogP contribution is 2.39. The van der Waals surface area contributed by atoms with Gasteiger partial charge < -0.3 is 14.6 Å². The second-order valence-electron chi connectivity index (χ2n) is 8.73. The lowest BCUT2D eigenvalue weighted by molar-refractivity contribution is 0.373. The Morgan fingerprint density at radius 2 is 1.86 bits per heavy atom. The first kappa shape index (κ1) is 27.5. The van der Waals surface area contributed by atoms with E-state index < -0.39 is 0 Å². The first-order chi connectivity index (χ1) is 17.4. The van der Waals surface area contributed by atoms with Gasteiger partial charge in [-0.1, -0.05) is 25.1 Å². The molecule has 0 radical (unpaired) electrons. The molecule has 9 heteroatoms. The van der Waals surface area contributed by atoms with Gasteiger partial charge in [0, 0.05) is 35.7 Å². The number of anilines is 1. The van der Waals surface area contributed by atoms with Crippen LogP contribution in [0.4, 0.5) is 5.82 Å². The van der Waals surface area contributed by atoms with Gasteiger partial charge >= 0.3 is 0 Å². The van der Waals surface area contributed by atoms with Crippen molar-refractivity contribution in [1.82, 2.24) is 24.7 Å². The van der Waals surface area contributed by atoms with E-state index >= 15 is 0 Å². The molecule has 1 saturated carbocycles. The van der Waals surface area contributed by atoms with Gasteiger partial charge in [0.1, 0.15) is 11.6 Å². The van der Waals surface area contributed by atoms with E-state index in [0.29, 0.717) is 12.3 Å². The predicted octanol–water partition coefficient (Wildman–Crippen LogP) is 6.21. The molecule has 1 atom stereocenters. The number of aryl methyl sites for hydroxylation is 3. The molecule has 0 aliphatic heterocycles. The van der Waals surface area contributed by atoms with Crippen LogP contribution in [0.25, 0.3) is 16.8 Å². The van der Waals surface area contributed by atoms with E-state index in [1.807, 2.05) is 50.4 Å². The predicted molar refractivity (Wildman–Crippen MR) is 149 cm³/mol. The molecule has 194 valence electrons. The number of fused-ring (bicyclic) bond motifs is 1. The van der Waals surface area contributed by atoms with Crippen molar-refractivity contribution < 1.29 is 9.26 Å². The quantitative estimate of drug-likeness (QED) is 0.286. The molecule has 0 saturated heterocycles. The number of hydrogen-bond donors (Lipinski definition) is 2. The van der Waals surface area contributed by atoms with Crippen molar-refractivity contribution >= 4 is 24.1 Å². The second kappa shape index (κ2) is 12.3. The molecule has 1 aliphatic rings. The summed E-state index contributed by atoms with van der Waals surface area (Å²) in [4.78, 5) is 9.38. The molecule has 4 aromatic rings. The molecule has 1 aromatic carbocycles. The zero-order valence-corrected chi connectivity index (χ0v) is 23.5. The highest BCUT2D eigenvalue weighted by molar-refractivity contribution is 7.79. The molecule has 0 spiro atoms. The van der Waals surface area contributed by atoms with Gasteiger partial charge in [0.25, 0.3) is 0 Å². The van der Waals surface area contributed by atoms with Gasteiger partial charge in [0.05, 0.1) is 12.8 Å². The minimum atomic E-state index is 0.0975. The van der Waals surface area contributed by atoms with Gasteiger partial charge in [0.15, 0.2) is 11.5 Å². The lowest BCUT2D eigenvalue weighted by Gasteiger charge is -2.15. The van der Waals surface area contributed by atoms with Crippen molar-refractivity contribution in [1.29, 1.82) is 0 Å². The van der Waals surface area contributed by atoms with E-state index in [4.69, 9.17) is 19.3 Å². The Kier molecular flexibility index (Phi) is 9.37. The van der Waals surface area contributed by atoms with Gasteiger partial charge in [0.2, 0.25) is 5.89 Å². The molecule has 0 amide bonds. The Morgan fingerprint density at radius 3 is 2.50 bits per heavy atom. The van der Waals surface area contributed by atoms with E-state index in [0.717, 1.165) is 69.8 Å². The van der Waals surface area contributed by atoms with Gasteiger partial charge in [-0.15, -0.1) is 0 Å². The van der Waals surface area contributed by atoms with Crippen LogP contribution in [-0.2, 0) is 6.42 Å². The minimum absolute atomic E-state index is 0.0975. The van der Waals surface area contributed by atoms with E-state index in [1.54, 1.807) is 13.4 Å². The minimum Gasteiger partial charge on any atom is -0.497 e. The molecular weight excluding hydrogens is 472 g/mol. The smallest absolute Gasteiger partial charge is 0.229 e. The average molecular weight is 511 g/mol. The summed E-state index contributed by atoms with van der Waals surface area (Å²) in [7, 11) is 1.68. The number of methoxy groups -OCH3 is 1. The van der Waals surface area contributed by atoms with Crippen LogP contribution in [0.1, 0.15) is 68.2 Å². The molecule has 0 unspecified atom stereocenters. The van der Waals surface area contributed by atoms with Crippen molar-refractivity contribution in [3.8, 4) is 16.9 Å². The van der Waals surface area contributed by atoms with Crippen LogP contribution in [0, 0.1) is 20.8 Å². The maximum absolute atomic E-state index is 5.40. The summed E-state index contributed by atoms with van der Waals surface area (Å²) in [5.41, 5.74) is 5.96. The number of benzene rings is 1. The molecule has 1 N–H and O–H groups in total. The standard InChI is InChI=1S/C24H28N6O2.C2H6.CH4S/c1-13-10-18(31-5)8-9-19(13)22-16(4)28-30-21(12-15(3)26-23(22)30)25-14(2)11-20-27-24(32-29-20)17-6-7-17;2*1-2/h8-10,12,14,17,25H,6-7,11H2,1-5H3;1-2H3;2H,1H3/t14-;;/m1../s1. The normalized spacial score (nSPS) is 13.4. The number of rotatable bonds is 7. The number of hydrogen-bond acceptors (Lipinski definition) is 8. The van der Waals surface area contributed by atoms with Crippen LogP contribution in [-0.4, -0.2) is 44.1 Å². The van der Waals surface area contributed by atoms with Crippen molar-refractivity contribution in [3.63, 3.8) is 0 Å². The van der Waals surface area contributed by atoms with E-state index in [1.165, 1.54) is 0 Å². The lowest BCUT2D eigenvalue weighted by atomic mass is 10.0. The zero-order valence-electron chi connectivity index (χ0n) is 22.6. The van der Waals surface area contributed by atoms with Gasteiger partial charge in [-0.2, -0.15) is 27.2 Å². The first-order valence-electron chi connectivity index (χ1n) is 12.5. The topological polar surface area (TPSA) is 90.4 Å². The largest absolute Gasteiger partial charge is 0.497 e. The van der Waals surface area contributed by atoms with Gasteiger partial charge in [-0.05, 0) is 70.1 Å². The molecule has 1 fully saturated rings. The maximum Gasteiger partial charge on any atom is 0.229 e. The SMILES string of the molecule is CC.COc1ccc(-c2c(C)nn3c(N[C@H](C)Cc4noc(C5CC5)n4)cc(C)nc23)c(C)c1.CS. The summed E-state index contributed by atoms with van der Waals surface area (Å²) in [5, 5.41) is 12.5. The van der Waals surface area contributed by atoms with Crippen LogP contribution < -0.4 is 10.1 Å². The zero-order chi connectivity index (χ0) is 26.4. The van der Waals surface area contributed by atoms with Crippen LogP contribution in [0.2, 0.25) is 0 Å². The van der Waals surface area contributed by atoms with Crippen LogP contribution in [0.3, 0.4) is 0 Å². The molecule has 8 nitrogen and oxygen atoms in total. The molecular formula is C27H38N6O2S. The Hall–Kier alpha value is -3.07. The highest BCUT2D eigenvalue weighted by Gasteiger charge is 2.29. The van der Waals surface area contributed by atoms with Crippen LogP contribution in [0.5, 0.6) is 5.75 Å². The monoisotopic (exact) mass is 510 g/mol. The third-order valence-corrected chi connectivity index (χ3v) is 5.89. The fraction of sp³-hybridized carbons (Fsp3) is 0.481. The molecule has 1 aliphatic carbocycles. The van der Waals surface area contributed by atoms with Crippen molar-refractivity contribution in [2.24, 2.45) is 0 Å². The van der Waals surface area contributed by atoms with Crippen LogP contribution in [0.15, 0.2) is 28.8 Å². The Morgan fingerprint density at radius 1 is 1.14 bits per heavy atom. The summed E-state index contributed by atoms with van der Waals surface area (Å²) in [6, 6.07) is 8.21. The fourth-order valence-corrected chi connectivity index (χ4v) is 4.13. The molecule has 36 heavy (non-hydrogen) atoms. The number of ether oxygens (including phenoxy) is 1. The van der Waals surface area contributed by atoms with Crippen LogP contribution >= 0.6 is 12.6 Å². The maximum atomic E-state index is 5.40. The molecule has 0 bridgehead atoms.